The second-order valence-electron chi connectivity index (χ2n) is 5.05. The van der Waals surface area contributed by atoms with E-state index in [0.29, 0.717) is 17.1 Å². The van der Waals surface area contributed by atoms with Crippen molar-refractivity contribution in [2.75, 3.05) is 0 Å². The smallest absolute Gasteiger partial charge is 0.130 e. The van der Waals surface area contributed by atoms with Gasteiger partial charge in [0, 0.05) is 6.42 Å². The van der Waals surface area contributed by atoms with Crippen LogP contribution in [-0.4, -0.2) is 5.78 Å². The molecule has 1 nitrogen and oxygen atoms in total. The van der Waals surface area contributed by atoms with Gasteiger partial charge in [-0.3, -0.25) is 0 Å². The summed E-state index contributed by atoms with van der Waals surface area (Å²) in [5, 5.41) is 0. The highest BCUT2D eigenvalue weighted by Gasteiger charge is 2.32. The molecule has 0 N–H and O–H groups in total. The van der Waals surface area contributed by atoms with Crippen LogP contribution in [0.3, 0.4) is 0 Å². The fraction of sp³-hybridized carbons (Fsp3) is 0.750. The number of Topliss-reactive ketones (excluding diaryl/α,β-unsaturated/α-hetero) is 1. The summed E-state index contributed by atoms with van der Waals surface area (Å²) in [6.45, 7) is 8.40. The summed E-state index contributed by atoms with van der Waals surface area (Å²) in [7, 11) is 0. The topological polar surface area (TPSA) is 17.1 Å². The Kier molecular flexibility index (Phi) is 2.94. The van der Waals surface area contributed by atoms with Crippen LogP contribution in [0.1, 0.15) is 47.0 Å². The first-order valence-corrected chi connectivity index (χ1v) is 5.07. The van der Waals surface area contributed by atoms with Gasteiger partial charge in [0.2, 0.25) is 0 Å². The average molecular weight is 180 g/mol. The van der Waals surface area contributed by atoms with Crippen molar-refractivity contribution < 1.29 is 4.79 Å². The van der Waals surface area contributed by atoms with Crippen LogP contribution in [0.4, 0.5) is 0 Å². The van der Waals surface area contributed by atoms with Crippen molar-refractivity contribution in [1.82, 2.24) is 0 Å². The van der Waals surface area contributed by atoms with Crippen LogP contribution in [0.15, 0.2) is 11.6 Å². The zero-order chi connectivity index (χ0) is 10.1. The van der Waals surface area contributed by atoms with Crippen LogP contribution in [-0.2, 0) is 4.79 Å². The van der Waals surface area contributed by atoms with Gasteiger partial charge in [-0.2, -0.15) is 0 Å². The normalized spacial score (nSPS) is 26.8. The predicted molar refractivity (Wildman–Crippen MR) is 55.6 cm³/mol. The maximum atomic E-state index is 11.1. The molecule has 0 aromatic heterocycles. The Labute approximate surface area is 81.2 Å². The maximum Gasteiger partial charge on any atom is 0.130 e. The van der Waals surface area contributed by atoms with Gasteiger partial charge in [0.25, 0.3) is 0 Å². The molecule has 74 valence electrons. The summed E-state index contributed by atoms with van der Waals surface area (Å²) in [4.78, 5) is 11.1. The first kappa shape index (κ1) is 10.5. The Morgan fingerprint density at radius 2 is 2.23 bits per heavy atom. The lowest BCUT2D eigenvalue weighted by molar-refractivity contribution is -0.118. The molecule has 1 unspecified atom stereocenters. The molecular formula is C12H20O. The Balaban J connectivity index is 2.71. The summed E-state index contributed by atoms with van der Waals surface area (Å²) < 4.78 is 0. The number of carbonyl (C=O) groups excluding carboxylic acids is 1. The zero-order valence-corrected chi connectivity index (χ0v) is 9.18. The molecule has 0 aromatic rings. The van der Waals surface area contributed by atoms with E-state index in [1.54, 1.807) is 6.92 Å². The molecule has 1 atom stereocenters. The number of hydrogen-bond donors (Lipinski definition) is 0. The van der Waals surface area contributed by atoms with E-state index in [2.05, 4.69) is 26.8 Å². The molecule has 1 rings (SSSR count). The second-order valence-corrected chi connectivity index (χ2v) is 5.05. The lowest BCUT2D eigenvalue weighted by Gasteiger charge is -2.37. The highest BCUT2D eigenvalue weighted by molar-refractivity contribution is 5.75. The Morgan fingerprint density at radius 1 is 1.62 bits per heavy atom. The summed E-state index contributed by atoms with van der Waals surface area (Å²) in [6.07, 6.45) is 5.29. The molecule has 0 heterocycles. The van der Waals surface area contributed by atoms with Crippen molar-refractivity contribution in [2.45, 2.75) is 47.0 Å². The first-order valence-electron chi connectivity index (χ1n) is 5.07. The molecule has 0 aliphatic heterocycles. The van der Waals surface area contributed by atoms with Gasteiger partial charge in [-0.25, -0.2) is 0 Å². The summed E-state index contributed by atoms with van der Waals surface area (Å²) >= 11 is 0. The van der Waals surface area contributed by atoms with E-state index in [0.717, 1.165) is 19.3 Å². The molecular weight excluding hydrogens is 160 g/mol. The van der Waals surface area contributed by atoms with E-state index < -0.39 is 0 Å². The minimum atomic E-state index is 0.311. The molecule has 0 saturated carbocycles. The SMILES string of the molecule is CC(=O)CC1CC(C)=CCC1(C)C. The molecule has 0 fully saturated rings. The molecule has 0 saturated heterocycles. The molecule has 1 heteroatoms. The van der Waals surface area contributed by atoms with Gasteiger partial charge < -0.3 is 4.79 Å². The molecule has 0 radical (unpaired) electrons. The largest absolute Gasteiger partial charge is 0.300 e. The minimum Gasteiger partial charge on any atom is -0.300 e. The Morgan fingerprint density at radius 3 is 2.77 bits per heavy atom. The van der Waals surface area contributed by atoms with Gasteiger partial charge in [0.15, 0.2) is 0 Å². The molecule has 0 amide bonds. The second kappa shape index (κ2) is 3.65. The van der Waals surface area contributed by atoms with Gasteiger partial charge in [0.1, 0.15) is 5.78 Å². The van der Waals surface area contributed by atoms with Gasteiger partial charge in [0.05, 0.1) is 0 Å². The number of allylic oxidation sites excluding steroid dienone is 2. The fourth-order valence-corrected chi connectivity index (χ4v) is 2.05. The number of hydrogen-bond acceptors (Lipinski definition) is 1. The highest BCUT2D eigenvalue weighted by atomic mass is 16.1. The highest BCUT2D eigenvalue weighted by Crippen LogP contribution is 2.41. The van der Waals surface area contributed by atoms with Crippen molar-refractivity contribution in [3.05, 3.63) is 11.6 Å². The van der Waals surface area contributed by atoms with Crippen LogP contribution in [0, 0.1) is 11.3 Å². The van der Waals surface area contributed by atoms with E-state index >= 15 is 0 Å². The van der Waals surface area contributed by atoms with E-state index in [4.69, 9.17) is 0 Å². The summed E-state index contributed by atoms with van der Waals surface area (Å²) in [5.41, 5.74) is 1.76. The quantitative estimate of drug-likeness (QED) is 0.596. The van der Waals surface area contributed by atoms with E-state index in [1.165, 1.54) is 5.57 Å². The van der Waals surface area contributed by atoms with Gasteiger partial charge in [-0.1, -0.05) is 25.5 Å². The number of rotatable bonds is 2. The molecule has 0 aromatic carbocycles. The van der Waals surface area contributed by atoms with Crippen molar-refractivity contribution >= 4 is 5.78 Å². The summed E-state index contributed by atoms with van der Waals surface area (Å²) in [5.74, 6) is 0.878. The molecule has 0 bridgehead atoms. The standard InChI is InChI=1S/C12H20O/c1-9-5-6-12(3,4)11(7-9)8-10(2)13/h5,11H,6-8H2,1-4H3. The summed E-state index contributed by atoms with van der Waals surface area (Å²) in [6, 6.07) is 0. The van der Waals surface area contributed by atoms with Crippen molar-refractivity contribution in [2.24, 2.45) is 11.3 Å². The van der Waals surface area contributed by atoms with Gasteiger partial charge in [-0.05, 0) is 38.0 Å². The Bertz CT molecular complexity index is 236. The van der Waals surface area contributed by atoms with Crippen LogP contribution < -0.4 is 0 Å². The molecule has 13 heavy (non-hydrogen) atoms. The van der Waals surface area contributed by atoms with Crippen molar-refractivity contribution in [1.29, 1.82) is 0 Å². The molecule has 1 aliphatic carbocycles. The number of carbonyl (C=O) groups is 1. The molecule has 1 aliphatic rings. The van der Waals surface area contributed by atoms with E-state index in [9.17, 15) is 4.79 Å². The van der Waals surface area contributed by atoms with Crippen LogP contribution in [0.2, 0.25) is 0 Å². The van der Waals surface area contributed by atoms with Crippen molar-refractivity contribution in [3.8, 4) is 0 Å². The lowest BCUT2D eigenvalue weighted by atomic mass is 9.68. The molecule has 0 spiro atoms. The van der Waals surface area contributed by atoms with Crippen LogP contribution in [0.5, 0.6) is 0 Å². The predicted octanol–water partition coefficient (Wildman–Crippen LogP) is 3.35. The number of ketones is 1. The fourth-order valence-electron chi connectivity index (χ4n) is 2.05. The average Bonchev–Trinajstić information content (AvgIpc) is 1.97. The van der Waals surface area contributed by atoms with E-state index in [1.807, 2.05) is 0 Å². The third-order valence-electron chi connectivity index (χ3n) is 3.18. The third-order valence-corrected chi connectivity index (χ3v) is 3.18. The van der Waals surface area contributed by atoms with Crippen molar-refractivity contribution in [3.63, 3.8) is 0 Å². The zero-order valence-electron chi connectivity index (χ0n) is 9.18. The minimum absolute atomic E-state index is 0.311. The lowest BCUT2D eigenvalue weighted by Crippen LogP contribution is -2.28. The van der Waals surface area contributed by atoms with Gasteiger partial charge >= 0.3 is 0 Å². The first-order chi connectivity index (χ1) is 5.92. The third kappa shape index (κ3) is 2.68. The maximum absolute atomic E-state index is 11.1. The van der Waals surface area contributed by atoms with Gasteiger partial charge in [-0.15, -0.1) is 0 Å². The van der Waals surface area contributed by atoms with E-state index in [-0.39, 0.29) is 0 Å². The van der Waals surface area contributed by atoms with Crippen LogP contribution >= 0.6 is 0 Å². The van der Waals surface area contributed by atoms with Crippen LogP contribution in [0.25, 0.3) is 0 Å². The monoisotopic (exact) mass is 180 g/mol. The Hall–Kier alpha value is -0.590.